The van der Waals surface area contributed by atoms with Gasteiger partial charge in [0, 0.05) is 0 Å². The fraction of sp³-hybridized carbons (Fsp3) is 0.250. The number of nitrogens with zero attached hydrogens (tertiary/aromatic N) is 2. The van der Waals surface area contributed by atoms with Crippen LogP contribution in [0.5, 0.6) is 0 Å². The summed E-state index contributed by atoms with van der Waals surface area (Å²) in [5.74, 6) is -0.222. The van der Waals surface area contributed by atoms with Crippen molar-refractivity contribution >= 4 is 18.0 Å². The van der Waals surface area contributed by atoms with Crippen LogP contribution in [0.3, 0.4) is 0 Å². The monoisotopic (exact) mass is 96.0 g/mol. The third kappa shape index (κ3) is 0.559. The molecule has 0 fully saturated rings. The highest BCUT2D eigenvalue weighted by molar-refractivity contribution is 6.42. The summed E-state index contributed by atoms with van der Waals surface area (Å²) in [6, 6.07) is 0. The summed E-state index contributed by atoms with van der Waals surface area (Å²) in [5.41, 5.74) is 0.472. The van der Waals surface area contributed by atoms with Gasteiger partial charge in [-0.05, 0) is 6.92 Å². The highest BCUT2D eigenvalue weighted by atomic mass is 16.1. The lowest BCUT2D eigenvalue weighted by molar-refractivity contribution is -0.111. The van der Waals surface area contributed by atoms with Gasteiger partial charge in [-0.1, -0.05) is 0 Å². The van der Waals surface area contributed by atoms with E-state index in [4.69, 9.17) is 0 Å². The Bertz CT molecular complexity index is 157. The number of carbonyl (C=O) groups is 1. The summed E-state index contributed by atoms with van der Waals surface area (Å²) in [6.45, 7) is 1.63. The topological polar surface area (TPSA) is 41.8 Å². The summed E-state index contributed by atoms with van der Waals surface area (Å²) in [5, 5.41) is 0. The van der Waals surface area contributed by atoms with E-state index in [-0.39, 0.29) is 5.91 Å². The average molecular weight is 96.1 g/mol. The van der Waals surface area contributed by atoms with Gasteiger partial charge in [-0.3, -0.25) is 4.79 Å². The smallest absolute Gasteiger partial charge is 0.265 e. The Morgan fingerprint density at radius 2 is 2.43 bits per heavy atom. The minimum atomic E-state index is -0.222. The van der Waals surface area contributed by atoms with Crippen LogP contribution in [0.1, 0.15) is 6.92 Å². The van der Waals surface area contributed by atoms with E-state index in [2.05, 4.69) is 9.98 Å². The van der Waals surface area contributed by atoms with E-state index in [9.17, 15) is 4.79 Å². The summed E-state index contributed by atoms with van der Waals surface area (Å²) in [7, 11) is 0. The molecule has 0 atom stereocenters. The van der Waals surface area contributed by atoms with Crippen molar-refractivity contribution in [2.75, 3.05) is 0 Å². The largest absolute Gasteiger partial charge is 0.292 e. The molecule has 1 rings (SSSR count). The Hall–Kier alpha value is -0.990. The second-order valence-corrected chi connectivity index (χ2v) is 1.26. The minimum Gasteiger partial charge on any atom is -0.265 e. The Balaban J connectivity index is 2.89. The number of carbonyl (C=O) groups excluding carboxylic acids is 1. The maximum absolute atomic E-state index is 10.2. The molecular formula is C4H4N2O. The van der Waals surface area contributed by atoms with E-state index in [0.29, 0.717) is 5.71 Å². The van der Waals surface area contributed by atoms with Gasteiger partial charge in [0.25, 0.3) is 5.91 Å². The molecule has 3 heteroatoms. The summed E-state index contributed by atoms with van der Waals surface area (Å²) in [6.07, 6.45) is 1.26. The number of rotatable bonds is 0. The summed E-state index contributed by atoms with van der Waals surface area (Å²) >= 11 is 0. The molecule has 0 aromatic carbocycles. The third-order valence-electron chi connectivity index (χ3n) is 0.736. The predicted molar refractivity (Wildman–Crippen MR) is 26.6 cm³/mol. The molecule has 0 aromatic rings. The molecule has 36 valence electrons. The lowest BCUT2D eigenvalue weighted by Gasteiger charge is -1.75. The van der Waals surface area contributed by atoms with E-state index in [1.807, 2.05) is 0 Å². The molecule has 1 heterocycles. The van der Waals surface area contributed by atoms with Gasteiger partial charge in [0.05, 0.1) is 0 Å². The molecule has 0 radical (unpaired) electrons. The molecule has 3 nitrogen and oxygen atoms in total. The first-order valence-corrected chi connectivity index (χ1v) is 1.92. The van der Waals surface area contributed by atoms with Crippen molar-refractivity contribution < 1.29 is 4.79 Å². The van der Waals surface area contributed by atoms with Gasteiger partial charge in [0.1, 0.15) is 12.1 Å². The van der Waals surface area contributed by atoms with Crippen molar-refractivity contribution in [3.8, 4) is 0 Å². The van der Waals surface area contributed by atoms with Gasteiger partial charge in [-0.2, -0.15) is 4.99 Å². The summed E-state index contributed by atoms with van der Waals surface area (Å²) in [4.78, 5) is 17.2. The molecule has 0 saturated carbocycles. The molecule has 0 aliphatic carbocycles. The maximum Gasteiger partial charge on any atom is 0.292 e. The second kappa shape index (κ2) is 1.26. The first-order valence-electron chi connectivity index (χ1n) is 1.92. The average Bonchev–Trinajstić information content (AvgIpc) is 1.91. The van der Waals surface area contributed by atoms with E-state index in [0.717, 1.165) is 0 Å². The summed E-state index contributed by atoms with van der Waals surface area (Å²) < 4.78 is 0. The Kier molecular flexibility index (Phi) is 0.749. The first-order chi connectivity index (χ1) is 3.30. The molecule has 0 bridgehead atoms. The van der Waals surface area contributed by atoms with Crippen LogP contribution in [-0.4, -0.2) is 18.0 Å². The van der Waals surface area contributed by atoms with Crippen LogP contribution < -0.4 is 0 Å². The van der Waals surface area contributed by atoms with E-state index in [1.54, 1.807) is 6.92 Å². The van der Waals surface area contributed by atoms with Crippen LogP contribution in [0.4, 0.5) is 0 Å². The van der Waals surface area contributed by atoms with Crippen molar-refractivity contribution in [1.82, 2.24) is 0 Å². The van der Waals surface area contributed by atoms with Gasteiger partial charge in [-0.25, -0.2) is 4.99 Å². The zero-order chi connectivity index (χ0) is 5.28. The molecule has 1 amide bonds. The van der Waals surface area contributed by atoms with Gasteiger partial charge < -0.3 is 0 Å². The fourth-order valence-electron chi connectivity index (χ4n) is 0.317. The molecule has 0 N–H and O–H groups in total. The number of hydrogen-bond donors (Lipinski definition) is 0. The molecule has 1 aliphatic rings. The van der Waals surface area contributed by atoms with E-state index in [1.165, 1.54) is 6.34 Å². The Labute approximate surface area is 40.8 Å². The van der Waals surface area contributed by atoms with E-state index < -0.39 is 0 Å². The highest BCUT2D eigenvalue weighted by Gasteiger charge is 2.04. The molecule has 0 saturated heterocycles. The number of hydrogen-bond acceptors (Lipinski definition) is 2. The lowest BCUT2D eigenvalue weighted by Crippen LogP contribution is -1.99. The minimum absolute atomic E-state index is 0.222. The molecule has 1 aliphatic heterocycles. The highest BCUT2D eigenvalue weighted by Crippen LogP contribution is 1.87. The zero-order valence-electron chi connectivity index (χ0n) is 3.88. The second-order valence-electron chi connectivity index (χ2n) is 1.26. The van der Waals surface area contributed by atoms with Gasteiger partial charge in [-0.15, -0.1) is 0 Å². The SMILES string of the molecule is CC1=NC=NC1=O. The first kappa shape index (κ1) is 4.18. The Morgan fingerprint density at radius 1 is 1.71 bits per heavy atom. The molecule has 0 spiro atoms. The van der Waals surface area contributed by atoms with Crippen molar-refractivity contribution in [1.29, 1.82) is 0 Å². The van der Waals surface area contributed by atoms with Crippen LogP contribution in [0.15, 0.2) is 9.98 Å². The van der Waals surface area contributed by atoms with Gasteiger partial charge in [0.2, 0.25) is 0 Å². The van der Waals surface area contributed by atoms with Gasteiger partial charge >= 0.3 is 0 Å². The normalized spacial score (nSPS) is 17.9. The fourth-order valence-corrected chi connectivity index (χ4v) is 0.317. The van der Waals surface area contributed by atoms with E-state index >= 15 is 0 Å². The molecule has 0 unspecified atom stereocenters. The quantitative estimate of drug-likeness (QED) is 0.419. The van der Waals surface area contributed by atoms with Crippen molar-refractivity contribution in [2.45, 2.75) is 6.92 Å². The molecule has 7 heavy (non-hydrogen) atoms. The number of aliphatic imine (C=N–C) groups is 2. The third-order valence-corrected chi connectivity index (χ3v) is 0.736. The van der Waals surface area contributed by atoms with Crippen LogP contribution in [0, 0.1) is 0 Å². The van der Waals surface area contributed by atoms with Crippen LogP contribution in [0.2, 0.25) is 0 Å². The molecular weight excluding hydrogens is 92.1 g/mol. The number of amides is 1. The lowest BCUT2D eigenvalue weighted by atomic mass is 10.4. The molecule has 0 aromatic heterocycles. The predicted octanol–water partition coefficient (Wildman–Crippen LogP) is 0.0158. The van der Waals surface area contributed by atoms with Gasteiger partial charge in [0.15, 0.2) is 0 Å². The standard InChI is InChI=1S/C4H4N2O/c1-3-4(7)6-2-5-3/h2H,1H3. The van der Waals surface area contributed by atoms with Crippen molar-refractivity contribution in [2.24, 2.45) is 9.98 Å². The Morgan fingerprint density at radius 3 is 2.57 bits per heavy atom. The van der Waals surface area contributed by atoms with Crippen LogP contribution in [0.25, 0.3) is 0 Å². The van der Waals surface area contributed by atoms with Crippen LogP contribution >= 0.6 is 0 Å². The maximum atomic E-state index is 10.2. The zero-order valence-corrected chi connectivity index (χ0v) is 3.88. The van der Waals surface area contributed by atoms with Crippen LogP contribution in [-0.2, 0) is 4.79 Å². The van der Waals surface area contributed by atoms with Crippen molar-refractivity contribution in [3.05, 3.63) is 0 Å². The van der Waals surface area contributed by atoms with Crippen molar-refractivity contribution in [3.63, 3.8) is 0 Å².